The van der Waals surface area contributed by atoms with Gasteiger partial charge in [-0.05, 0) is 30.7 Å². The van der Waals surface area contributed by atoms with Gasteiger partial charge in [0.15, 0.2) is 9.84 Å². The molecule has 2 N–H and O–H groups in total. The highest BCUT2D eigenvalue weighted by molar-refractivity contribution is 7.91. The molecule has 7 nitrogen and oxygen atoms in total. The molecule has 0 aromatic heterocycles. The Bertz CT molecular complexity index is 836. The number of amides is 1. The van der Waals surface area contributed by atoms with E-state index in [4.69, 9.17) is 6.42 Å². The van der Waals surface area contributed by atoms with E-state index in [1.54, 1.807) is 0 Å². The van der Waals surface area contributed by atoms with Crippen LogP contribution in [0.5, 0.6) is 0 Å². The highest BCUT2D eigenvalue weighted by Gasteiger charge is 2.29. The van der Waals surface area contributed by atoms with Gasteiger partial charge in [0, 0.05) is 11.6 Å². The summed E-state index contributed by atoms with van der Waals surface area (Å²) in [6, 6.07) is 4.90. The molecular formula is C14H16N2O5S2. The summed E-state index contributed by atoms with van der Waals surface area (Å²) in [6.45, 7) is -0.124. The second-order valence-corrected chi connectivity index (χ2v) is 9.12. The standard InChI is InChI=1S/C14H16N2O5S2/c1-2-8-15-23(20,21)13-5-3-11(4-6-13)14(17)16-12-7-9-22(18,19)10-12/h1,3-6,12,15H,7-10H2,(H,16,17). The van der Waals surface area contributed by atoms with Crippen LogP contribution in [-0.4, -0.2) is 46.8 Å². The molecule has 0 spiro atoms. The van der Waals surface area contributed by atoms with E-state index < -0.39 is 31.8 Å². The Hall–Kier alpha value is -1.89. The molecule has 1 unspecified atom stereocenters. The van der Waals surface area contributed by atoms with E-state index in [1.807, 2.05) is 0 Å². The molecule has 1 aromatic carbocycles. The van der Waals surface area contributed by atoms with Crippen molar-refractivity contribution < 1.29 is 21.6 Å². The van der Waals surface area contributed by atoms with Gasteiger partial charge in [0.1, 0.15) is 0 Å². The minimum Gasteiger partial charge on any atom is -0.348 e. The molecule has 2 rings (SSSR count). The van der Waals surface area contributed by atoms with E-state index in [1.165, 1.54) is 24.3 Å². The molecule has 124 valence electrons. The summed E-state index contributed by atoms with van der Waals surface area (Å²) in [5, 5.41) is 2.63. The number of hydrogen-bond donors (Lipinski definition) is 2. The van der Waals surface area contributed by atoms with Gasteiger partial charge in [0.25, 0.3) is 5.91 Å². The average Bonchev–Trinajstić information content (AvgIpc) is 2.84. The molecule has 1 fully saturated rings. The van der Waals surface area contributed by atoms with Crippen LogP contribution in [0.3, 0.4) is 0 Å². The highest BCUT2D eigenvalue weighted by Crippen LogP contribution is 2.14. The number of sulfonamides is 1. The fourth-order valence-corrected chi connectivity index (χ4v) is 4.79. The number of nitrogens with one attached hydrogen (secondary N) is 2. The number of terminal acetylenes is 1. The second-order valence-electron chi connectivity index (χ2n) is 5.13. The summed E-state index contributed by atoms with van der Waals surface area (Å²) in [7, 11) is -6.78. The van der Waals surface area contributed by atoms with Gasteiger partial charge < -0.3 is 5.32 Å². The maximum Gasteiger partial charge on any atom is 0.251 e. The summed E-state index contributed by atoms with van der Waals surface area (Å²) >= 11 is 0. The first-order valence-electron chi connectivity index (χ1n) is 6.78. The SMILES string of the molecule is C#CCNS(=O)(=O)c1ccc(C(=O)NC2CCS(=O)(=O)C2)cc1. The Kier molecular flexibility index (Phi) is 5.09. The Morgan fingerprint density at radius 3 is 2.48 bits per heavy atom. The fraction of sp³-hybridized carbons (Fsp3) is 0.357. The third-order valence-corrected chi connectivity index (χ3v) is 6.54. The van der Waals surface area contributed by atoms with Crippen molar-refractivity contribution in [3.8, 4) is 12.3 Å². The zero-order valence-corrected chi connectivity index (χ0v) is 13.8. The lowest BCUT2D eigenvalue weighted by Gasteiger charge is -2.11. The van der Waals surface area contributed by atoms with E-state index in [9.17, 15) is 21.6 Å². The predicted molar refractivity (Wildman–Crippen MR) is 85.0 cm³/mol. The lowest BCUT2D eigenvalue weighted by Crippen LogP contribution is -2.35. The zero-order chi connectivity index (χ0) is 17.1. The fourth-order valence-electron chi connectivity index (χ4n) is 2.18. The normalized spacial score (nSPS) is 19.9. The monoisotopic (exact) mass is 356 g/mol. The molecule has 1 heterocycles. The first-order valence-corrected chi connectivity index (χ1v) is 10.1. The van der Waals surface area contributed by atoms with E-state index in [0.717, 1.165) is 0 Å². The third kappa shape index (κ3) is 4.54. The van der Waals surface area contributed by atoms with Crippen LogP contribution in [0.4, 0.5) is 0 Å². The van der Waals surface area contributed by atoms with Gasteiger partial charge in [0.05, 0.1) is 22.9 Å². The molecule has 1 aromatic rings. The maximum atomic E-state index is 12.0. The molecule has 1 atom stereocenters. The quantitative estimate of drug-likeness (QED) is 0.692. The first kappa shape index (κ1) is 17.5. The van der Waals surface area contributed by atoms with Crippen LogP contribution in [0.15, 0.2) is 29.2 Å². The largest absolute Gasteiger partial charge is 0.348 e. The number of benzene rings is 1. The topological polar surface area (TPSA) is 109 Å². The summed E-state index contributed by atoms with van der Waals surface area (Å²) in [4.78, 5) is 12.0. The van der Waals surface area contributed by atoms with Crippen LogP contribution in [0.25, 0.3) is 0 Å². The Morgan fingerprint density at radius 1 is 1.30 bits per heavy atom. The molecule has 0 radical (unpaired) electrons. The van der Waals surface area contributed by atoms with Crippen molar-refractivity contribution in [2.75, 3.05) is 18.1 Å². The van der Waals surface area contributed by atoms with Crippen LogP contribution in [0.1, 0.15) is 16.8 Å². The van der Waals surface area contributed by atoms with Crippen molar-refractivity contribution in [1.82, 2.24) is 10.0 Å². The Morgan fingerprint density at radius 2 is 1.96 bits per heavy atom. The van der Waals surface area contributed by atoms with Crippen LogP contribution in [-0.2, 0) is 19.9 Å². The number of carbonyl (C=O) groups is 1. The van der Waals surface area contributed by atoms with Gasteiger partial charge in [0.2, 0.25) is 10.0 Å². The number of rotatable bonds is 5. The minimum absolute atomic E-state index is 0.00672. The summed E-state index contributed by atoms with van der Waals surface area (Å²) in [5.74, 6) is 1.73. The predicted octanol–water partition coefficient (Wildman–Crippen LogP) is -0.485. The molecule has 1 saturated heterocycles. The molecule has 1 aliphatic heterocycles. The molecule has 23 heavy (non-hydrogen) atoms. The average molecular weight is 356 g/mol. The van der Waals surface area contributed by atoms with Crippen molar-refractivity contribution >= 4 is 25.8 Å². The lowest BCUT2D eigenvalue weighted by molar-refractivity contribution is 0.0941. The molecule has 1 amide bonds. The van der Waals surface area contributed by atoms with Crippen molar-refractivity contribution in [3.63, 3.8) is 0 Å². The molecular weight excluding hydrogens is 340 g/mol. The van der Waals surface area contributed by atoms with E-state index in [2.05, 4.69) is 16.0 Å². The minimum atomic E-state index is -3.71. The maximum absolute atomic E-state index is 12.0. The van der Waals surface area contributed by atoms with Crippen molar-refractivity contribution in [3.05, 3.63) is 29.8 Å². The smallest absolute Gasteiger partial charge is 0.251 e. The van der Waals surface area contributed by atoms with E-state index in [0.29, 0.717) is 6.42 Å². The summed E-state index contributed by atoms with van der Waals surface area (Å²) in [6.07, 6.45) is 5.39. The van der Waals surface area contributed by atoms with Crippen LogP contribution in [0.2, 0.25) is 0 Å². The number of hydrogen-bond acceptors (Lipinski definition) is 5. The lowest BCUT2D eigenvalue weighted by atomic mass is 10.2. The van der Waals surface area contributed by atoms with E-state index in [-0.39, 0.29) is 28.5 Å². The van der Waals surface area contributed by atoms with Crippen molar-refractivity contribution in [1.29, 1.82) is 0 Å². The van der Waals surface area contributed by atoms with Gasteiger partial charge in [-0.2, -0.15) is 4.72 Å². The molecule has 0 saturated carbocycles. The van der Waals surface area contributed by atoms with E-state index >= 15 is 0 Å². The second kappa shape index (κ2) is 6.70. The first-order chi connectivity index (χ1) is 10.7. The van der Waals surface area contributed by atoms with Gasteiger partial charge >= 0.3 is 0 Å². The number of carbonyl (C=O) groups excluding carboxylic acids is 1. The molecule has 0 bridgehead atoms. The van der Waals surface area contributed by atoms with Crippen molar-refractivity contribution in [2.24, 2.45) is 0 Å². The highest BCUT2D eigenvalue weighted by atomic mass is 32.2. The van der Waals surface area contributed by atoms with Crippen molar-refractivity contribution in [2.45, 2.75) is 17.4 Å². The molecule has 0 aliphatic carbocycles. The van der Waals surface area contributed by atoms with Gasteiger partial charge in [-0.15, -0.1) is 6.42 Å². The number of sulfone groups is 1. The Labute approximate surface area is 135 Å². The van der Waals surface area contributed by atoms with Gasteiger partial charge in [-0.1, -0.05) is 5.92 Å². The molecule has 9 heteroatoms. The third-order valence-electron chi connectivity index (χ3n) is 3.36. The van der Waals surface area contributed by atoms with Gasteiger partial charge in [-0.25, -0.2) is 16.8 Å². The van der Waals surface area contributed by atoms with Gasteiger partial charge in [-0.3, -0.25) is 4.79 Å². The van der Waals surface area contributed by atoms with Crippen LogP contribution < -0.4 is 10.0 Å². The van der Waals surface area contributed by atoms with Crippen LogP contribution in [0, 0.1) is 12.3 Å². The van der Waals surface area contributed by atoms with Crippen LogP contribution >= 0.6 is 0 Å². The molecule has 1 aliphatic rings. The summed E-state index contributed by atoms with van der Waals surface area (Å²) < 4.78 is 48.6. The summed E-state index contributed by atoms with van der Waals surface area (Å²) in [5.41, 5.74) is 0.255. The Balaban J connectivity index is 2.05. The zero-order valence-electron chi connectivity index (χ0n) is 12.2.